The molecule has 0 aliphatic rings. The molecule has 1 unspecified atom stereocenters. The van der Waals surface area contributed by atoms with Crippen LogP contribution < -0.4 is 15.4 Å². The summed E-state index contributed by atoms with van der Waals surface area (Å²) in [5.74, 6) is -3.00. The Morgan fingerprint density at radius 1 is 0.971 bits per heavy atom. The zero-order valence-corrected chi connectivity index (χ0v) is 20.3. The fourth-order valence-corrected chi connectivity index (χ4v) is 4.27. The summed E-state index contributed by atoms with van der Waals surface area (Å²) in [6.07, 6.45) is -1.78. The van der Waals surface area contributed by atoms with Crippen LogP contribution in [0.2, 0.25) is 0 Å². The van der Waals surface area contributed by atoms with E-state index in [1.807, 2.05) is 4.72 Å². The zero-order valence-electron chi connectivity index (χ0n) is 19.5. The number of sulfonamides is 1. The smallest absolute Gasteiger partial charge is 0.322 e. The average molecular weight is 505 g/mol. The van der Waals surface area contributed by atoms with Crippen molar-refractivity contribution in [2.45, 2.75) is 50.0 Å². The van der Waals surface area contributed by atoms with Gasteiger partial charge in [0.15, 0.2) is 0 Å². The monoisotopic (exact) mass is 504 g/mol. The number of benzene rings is 1. The number of aliphatic hydroxyl groups excluding tert-OH is 2. The molecule has 7 N–H and O–H groups in total. The minimum Gasteiger partial charge on any atom is -0.481 e. The van der Waals surface area contributed by atoms with E-state index in [2.05, 4.69) is 15.5 Å². The van der Waals surface area contributed by atoms with Gasteiger partial charge in [-0.15, -0.1) is 0 Å². The second-order valence-corrected chi connectivity index (χ2v) is 9.85. The van der Waals surface area contributed by atoms with Gasteiger partial charge in [0.05, 0.1) is 23.5 Å². The van der Waals surface area contributed by atoms with E-state index in [9.17, 15) is 28.2 Å². The molecule has 194 valence electrons. The molecule has 0 bridgehead atoms. The first-order valence-corrected chi connectivity index (χ1v) is 12.4. The molecule has 1 aromatic carbocycles. The molecule has 3 atom stereocenters. The highest BCUT2D eigenvalue weighted by Crippen LogP contribution is 2.12. The van der Waals surface area contributed by atoms with E-state index in [0.717, 1.165) is 5.56 Å². The third-order valence-corrected chi connectivity index (χ3v) is 6.20. The van der Waals surface area contributed by atoms with E-state index in [-0.39, 0.29) is 4.90 Å². The Hall–Kier alpha value is -2.13. The summed E-state index contributed by atoms with van der Waals surface area (Å²) in [5, 5.41) is 43.2. The van der Waals surface area contributed by atoms with Crippen molar-refractivity contribution in [2.75, 3.05) is 39.3 Å². The number of aliphatic hydroxyl groups is 2. The van der Waals surface area contributed by atoms with E-state index >= 15 is 0 Å². The second-order valence-electron chi connectivity index (χ2n) is 8.13. The van der Waals surface area contributed by atoms with E-state index in [0.29, 0.717) is 45.8 Å². The average Bonchev–Trinajstić information content (AvgIpc) is 2.72. The highest BCUT2D eigenvalue weighted by molar-refractivity contribution is 7.89. The molecule has 0 radical (unpaired) electrons. The van der Waals surface area contributed by atoms with Gasteiger partial charge < -0.3 is 31.1 Å². The van der Waals surface area contributed by atoms with E-state index in [4.69, 9.17) is 10.2 Å². The highest BCUT2D eigenvalue weighted by Gasteiger charge is 2.27. The standard InChI is InChI=1S/C21H36N4O8S/c1-15(26)12-22-7-9-25(14-16(2)27)10-8-23-13-17-3-5-18(6-4-17)34(32,33)24-19(21(30)31)11-20(28)29/h3-6,15-16,19,22-24,26-27H,7-14H2,1-2H3,(H,28,29)(H,30,31)/t15-,16-,19?/m0/s1. The van der Waals surface area contributed by atoms with Gasteiger partial charge in [0.1, 0.15) is 6.04 Å². The fourth-order valence-electron chi connectivity index (χ4n) is 3.08. The van der Waals surface area contributed by atoms with Crippen LogP contribution in [-0.2, 0) is 26.2 Å². The Kier molecular flexibility index (Phi) is 13.2. The molecule has 34 heavy (non-hydrogen) atoms. The lowest BCUT2D eigenvalue weighted by Crippen LogP contribution is -2.42. The molecule has 1 aromatic rings. The molecule has 0 fully saturated rings. The summed E-state index contributed by atoms with van der Waals surface area (Å²) in [5.41, 5.74) is 0.806. The van der Waals surface area contributed by atoms with Gasteiger partial charge in [-0.25, -0.2) is 8.42 Å². The Bertz CT molecular complexity index is 862. The largest absolute Gasteiger partial charge is 0.481 e. The van der Waals surface area contributed by atoms with Gasteiger partial charge in [-0.05, 0) is 31.5 Å². The lowest BCUT2D eigenvalue weighted by Gasteiger charge is -2.24. The minimum absolute atomic E-state index is 0.166. The number of hydrogen-bond acceptors (Lipinski definition) is 9. The number of carboxylic acid groups (broad SMARTS) is 2. The van der Waals surface area contributed by atoms with Crippen molar-refractivity contribution in [1.29, 1.82) is 0 Å². The zero-order chi connectivity index (χ0) is 25.7. The molecular weight excluding hydrogens is 468 g/mol. The summed E-state index contributed by atoms with van der Waals surface area (Å²) >= 11 is 0. The van der Waals surface area contributed by atoms with Crippen LogP contribution in [-0.4, -0.2) is 103 Å². The number of aliphatic carboxylic acids is 2. The Labute approximate surface area is 200 Å². The van der Waals surface area contributed by atoms with Crippen molar-refractivity contribution in [3.63, 3.8) is 0 Å². The molecule has 1 rings (SSSR count). The van der Waals surface area contributed by atoms with Crippen LogP contribution in [0.25, 0.3) is 0 Å². The predicted molar refractivity (Wildman–Crippen MR) is 125 cm³/mol. The van der Waals surface area contributed by atoms with Crippen molar-refractivity contribution >= 4 is 22.0 Å². The van der Waals surface area contributed by atoms with Crippen molar-refractivity contribution in [3.05, 3.63) is 29.8 Å². The quantitative estimate of drug-likeness (QED) is 0.117. The lowest BCUT2D eigenvalue weighted by molar-refractivity contribution is -0.145. The number of carboxylic acids is 2. The first-order chi connectivity index (χ1) is 15.9. The van der Waals surface area contributed by atoms with E-state index in [1.54, 1.807) is 26.0 Å². The van der Waals surface area contributed by atoms with Gasteiger partial charge in [0, 0.05) is 45.8 Å². The van der Waals surface area contributed by atoms with Crippen LogP contribution in [0, 0.1) is 0 Å². The van der Waals surface area contributed by atoms with Crippen LogP contribution in [0.15, 0.2) is 29.2 Å². The summed E-state index contributed by atoms with van der Waals surface area (Å²) in [6.45, 7) is 7.58. The van der Waals surface area contributed by atoms with Crippen LogP contribution in [0.1, 0.15) is 25.8 Å². The number of nitrogens with zero attached hydrogens (tertiary/aromatic N) is 1. The van der Waals surface area contributed by atoms with Crippen molar-refractivity contribution in [3.8, 4) is 0 Å². The molecule has 13 heteroatoms. The molecule has 0 aliphatic carbocycles. The van der Waals surface area contributed by atoms with Crippen LogP contribution in [0.4, 0.5) is 0 Å². The van der Waals surface area contributed by atoms with E-state index < -0.39 is 46.6 Å². The molecular formula is C21H36N4O8S. The Morgan fingerprint density at radius 3 is 2.06 bits per heavy atom. The maximum atomic E-state index is 12.4. The summed E-state index contributed by atoms with van der Waals surface area (Å²) in [6, 6.07) is 4.05. The van der Waals surface area contributed by atoms with Crippen LogP contribution in [0.5, 0.6) is 0 Å². The van der Waals surface area contributed by atoms with Gasteiger partial charge in [0.2, 0.25) is 10.0 Å². The SMILES string of the molecule is C[C@H](O)CNCCN(CCNCc1ccc(S(=O)(=O)NC(CC(=O)O)C(=O)O)cc1)C[C@H](C)O. The van der Waals surface area contributed by atoms with Crippen LogP contribution in [0.3, 0.4) is 0 Å². The first kappa shape index (κ1) is 29.9. The topological polar surface area (TPSA) is 189 Å². The molecule has 0 heterocycles. The van der Waals surface area contributed by atoms with Crippen LogP contribution >= 0.6 is 0 Å². The second kappa shape index (κ2) is 15.0. The van der Waals surface area contributed by atoms with Crippen molar-refractivity contribution in [2.24, 2.45) is 0 Å². The fraction of sp³-hybridized carbons (Fsp3) is 0.619. The summed E-state index contributed by atoms with van der Waals surface area (Å²) in [4.78, 5) is 23.8. The number of rotatable bonds is 18. The highest BCUT2D eigenvalue weighted by atomic mass is 32.2. The van der Waals surface area contributed by atoms with Gasteiger partial charge in [-0.3, -0.25) is 14.5 Å². The summed E-state index contributed by atoms with van der Waals surface area (Å²) in [7, 11) is -4.20. The Morgan fingerprint density at radius 2 is 1.56 bits per heavy atom. The third-order valence-electron chi connectivity index (χ3n) is 4.71. The predicted octanol–water partition coefficient (Wildman–Crippen LogP) is -1.36. The molecule has 0 spiro atoms. The number of nitrogens with one attached hydrogen (secondary N) is 3. The normalized spacial score (nSPS) is 14.6. The van der Waals surface area contributed by atoms with Gasteiger partial charge in [-0.1, -0.05) is 12.1 Å². The summed E-state index contributed by atoms with van der Waals surface area (Å²) < 4.78 is 26.7. The molecule has 0 saturated heterocycles. The van der Waals surface area contributed by atoms with Gasteiger partial charge in [0.25, 0.3) is 0 Å². The molecule has 0 amide bonds. The molecule has 0 aromatic heterocycles. The molecule has 12 nitrogen and oxygen atoms in total. The maximum absolute atomic E-state index is 12.4. The molecule has 0 aliphatic heterocycles. The first-order valence-electron chi connectivity index (χ1n) is 11.0. The third kappa shape index (κ3) is 12.4. The van der Waals surface area contributed by atoms with E-state index in [1.165, 1.54) is 12.1 Å². The number of hydrogen-bond donors (Lipinski definition) is 7. The van der Waals surface area contributed by atoms with Gasteiger partial charge >= 0.3 is 11.9 Å². The minimum atomic E-state index is -4.20. The maximum Gasteiger partial charge on any atom is 0.322 e. The lowest BCUT2D eigenvalue weighted by atomic mass is 10.2. The molecule has 0 saturated carbocycles. The van der Waals surface area contributed by atoms with Gasteiger partial charge in [-0.2, -0.15) is 4.72 Å². The number of carbonyl (C=O) groups is 2. The Balaban J connectivity index is 2.55. The van der Waals surface area contributed by atoms with Crippen molar-refractivity contribution < 1.29 is 38.4 Å². The van der Waals surface area contributed by atoms with Crippen molar-refractivity contribution in [1.82, 2.24) is 20.3 Å².